The van der Waals surface area contributed by atoms with Crippen molar-refractivity contribution in [2.45, 2.75) is 20.0 Å². The highest BCUT2D eigenvalue weighted by atomic mass is 16.5. The highest BCUT2D eigenvalue weighted by molar-refractivity contribution is 5.94. The van der Waals surface area contributed by atoms with Crippen molar-refractivity contribution in [1.82, 2.24) is 4.90 Å². The van der Waals surface area contributed by atoms with Gasteiger partial charge in [-0.1, -0.05) is 42.5 Å². The first-order chi connectivity index (χ1) is 12.6. The van der Waals surface area contributed by atoms with Crippen molar-refractivity contribution >= 4 is 11.9 Å². The molecule has 1 amide bonds. The van der Waals surface area contributed by atoms with Gasteiger partial charge >= 0.3 is 5.97 Å². The van der Waals surface area contributed by atoms with Crippen molar-refractivity contribution in [3.63, 3.8) is 0 Å². The summed E-state index contributed by atoms with van der Waals surface area (Å²) in [7, 11) is 0. The minimum atomic E-state index is -0.957. The Morgan fingerprint density at radius 2 is 1.69 bits per heavy atom. The molecule has 3 rings (SSSR count). The van der Waals surface area contributed by atoms with Crippen LogP contribution in [0, 0.1) is 13.8 Å². The van der Waals surface area contributed by atoms with E-state index in [4.69, 9.17) is 9.47 Å². The summed E-state index contributed by atoms with van der Waals surface area (Å²) >= 11 is 0. The molecule has 0 bridgehead atoms. The van der Waals surface area contributed by atoms with E-state index in [-0.39, 0.29) is 5.91 Å². The smallest absolute Gasteiger partial charge is 0.339 e. The van der Waals surface area contributed by atoms with Gasteiger partial charge in [-0.25, -0.2) is 4.79 Å². The molecule has 0 radical (unpaired) electrons. The third-order valence-corrected chi connectivity index (χ3v) is 4.70. The van der Waals surface area contributed by atoms with E-state index in [0.29, 0.717) is 37.4 Å². The maximum absolute atomic E-state index is 13.0. The molecule has 1 aliphatic heterocycles. The van der Waals surface area contributed by atoms with Gasteiger partial charge in [0.2, 0.25) is 6.10 Å². The van der Waals surface area contributed by atoms with Crippen LogP contribution in [0.15, 0.2) is 48.5 Å². The molecular formula is C21H23NO4. The number of hydrogen-bond acceptors (Lipinski definition) is 4. The Hall–Kier alpha value is -2.66. The molecule has 1 fully saturated rings. The third kappa shape index (κ3) is 3.94. The SMILES string of the molecule is Cc1cccc(C(=O)O[C@@H](C(=O)N2CCOCC2)c2ccccc2)c1C. The van der Waals surface area contributed by atoms with Crippen LogP contribution in [0.4, 0.5) is 0 Å². The van der Waals surface area contributed by atoms with E-state index in [2.05, 4.69) is 0 Å². The van der Waals surface area contributed by atoms with Gasteiger partial charge < -0.3 is 14.4 Å². The number of amides is 1. The normalized spacial score (nSPS) is 15.4. The van der Waals surface area contributed by atoms with Gasteiger partial charge in [0.05, 0.1) is 18.8 Å². The first-order valence-electron chi connectivity index (χ1n) is 8.76. The number of nitrogens with zero attached hydrogens (tertiary/aromatic N) is 1. The molecule has 1 saturated heterocycles. The van der Waals surface area contributed by atoms with Crippen LogP contribution in [0.2, 0.25) is 0 Å². The number of ether oxygens (including phenoxy) is 2. The van der Waals surface area contributed by atoms with Crippen molar-refractivity contribution in [2.75, 3.05) is 26.3 Å². The standard InChI is InChI=1S/C21H23NO4/c1-15-7-6-10-18(16(15)2)21(24)26-19(17-8-4-3-5-9-17)20(23)22-11-13-25-14-12-22/h3-10,19H,11-14H2,1-2H3/t19-/m1/s1. The van der Waals surface area contributed by atoms with Gasteiger partial charge in [-0.05, 0) is 31.0 Å². The fourth-order valence-corrected chi connectivity index (χ4v) is 2.98. The Balaban J connectivity index is 1.87. The average molecular weight is 353 g/mol. The highest BCUT2D eigenvalue weighted by Crippen LogP contribution is 2.24. The van der Waals surface area contributed by atoms with Crippen LogP contribution in [0.5, 0.6) is 0 Å². The number of carbonyl (C=O) groups is 2. The van der Waals surface area contributed by atoms with Gasteiger partial charge in [0.15, 0.2) is 0 Å². The van der Waals surface area contributed by atoms with Crippen molar-refractivity contribution in [3.05, 3.63) is 70.8 Å². The lowest BCUT2D eigenvalue weighted by atomic mass is 10.0. The summed E-state index contributed by atoms with van der Waals surface area (Å²) in [6.07, 6.45) is -0.957. The minimum Gasteiger partial charge on any atom is -0.444 e. The van der Waals surface area contributed by atoms with Crippen LogP contribution < -0.4 is 0 Å². The molecule has 0 saturated carbocycles. The Morgan fingerprint density at radius 3 is 2.38 bits per heavy atom. The lowest BCUT2D eigenvalue weighted by molar-refractivity contribution is -0.145. The largest absolute Gasteiger partial charge is 0.444 e. The van der Waals surface area contributed by atoms with Crippen LogP contribution in [-0.2, 0) is 14.3 Å². The number of esters is 1. The Bertz CT molecular complexity index is 782. The summed E-state index contributed by atoms with van der Waals surface area (Å²) in [5.41, 5.74) is 3.03. The van der Waals surface area contributed by atoms with Crippen molar-refractivity contribution in [1.29, 1.82) is 0 Å². The van der Waals surface area contributed by atoms with E-state index >= 15 is 0 Å². The van der Waals surface area contributed by atoms with Gasteiger partial charge in [0.25, 0.3) is 5.91 Å². The number of rotatable bonds is 4. The molecule has 0 aromatic heterocycles. The van der Waals surface area contributed by atoms with Gasteiger partial charge in [-0.15, -0.1) is 0 Å². The van der Waals surface area contributed by atoms with E-state index in [0.717, 1.165) is 11.1 Å². The second-order valence-electron chi connectivity index (χ2n) is 6.38. The molecule has 5 nitrogen and oxygen atoms in total. The van der Waals surface area contributed by atoms with Gasteiger partial charge in [0, 0.05) is 18.7 Å². The zero-order chi connectivity index (χ0) is 18.5. The zero-order valence-corrected chi connectivity index (χ0v) is 15.1. The summed E-state index contributed by atoms with van der Waals surface area (Å²) in [5.74, 6) is -0.695. The lowest BCUT2D eigenvalue weighted by Crippen LogP contribution is -2.44. The molecule has 2 aromatic rings. The first-order valence-corrected chi connectivity index (χ1v) is 8.76. The quantitative estimate of drug-likeness (QED) is 0.793. The van der Waals surface area contributed by atoms with Crippen LogP contribution in [-0.4, -0.2) is 43.1 Å². The van der Waals surface area contributed by atoms with Crippen molar-refractivity contribution in [3.8, 4) is 0 Å². The summed E-state index contributed by atoms with van der Waals surface area (Å²) in [6.45, 7) is 5.83. The highest BCUT2D eigenvalue weighted by Gasteiger charge is 2.31. The zero-order valence-electron chi connectivity index (χ0n) is 15.1. The van der Waals surface area contributed by atoms with Crippen molar-refractivity contribution in [2.24, 2.45) is 0 Å². The van der Waals surface area contributed by atoms with Crippen molar-refractivity contribution < 1.29 is 19.1 Å². The summed E-state index contributed by atoms with van der Waals surface area (Å²) in [4.78, 5) is 27.5. The summed E-state index contributed by atoms with van der Waals surface area (Å²) in [5, 5.41) is 0. The van der Waals surface area contributed by atoms with Crippen LogP contribution in [0.3, 0.4) is 0 Å². The third-order valence-electron chi connectivity index (χ3n) is 4.70. The monoisotopic (exact) mass is 353 g/mol. The fourth-order valence-electron chi connectivity index (χ4n) is 2.98. The Morgan fingerprint density at radius 1 is 1.00 bits per heavy atom. The summed E-state index contributed by atoms with van der Waals surface area (Å²) in [6, 6.07) is 14.6. The van der Waals surface area contributed by atoms with E-state index in [1.54, 1.807) is 23.1 Å². The molecule has 0 aliphatic carbocycles. The van der Waals surface area contributed by atoms with E-state index in [1.165, 1.54) is 0 Å². The molecule has 5 heteroatoms. The molecule has 0 spiro atoms. The molecular weight excluding hydrogens is 330 g/mol. The number of aryl methyl sites for hydroxylation is 1. The van der Waals surface area contributed by atoms with Crippen LogP contribution >= 0.6 is 0 Å². The van der Waals surface area contributed by atoms with Crippen LogP contribution in [0.25, 0.3) is 0 Å². The van der Waals surface area contributed by atoms with Gasteiger partial charge in [-0.3, -0.25) is 4.79 Å². The van der Waals surface area contributed by atoms with E-state index < -0.39 is 12.1 Å². The van der Waals surface area contributed by atoms with Gasteiger partial charge in [-0.2, -0.15) is 0 Å². The predicted molar refractivity (Wildman–Crippen MR) is 97.9 cm³/mol. The number of morpholine rings is 1. The maximum Gasteiger partial charge on any atom is 0.339 e. The Kier molecular flexibility index (Phi) is 5.68. The molecule has 0 unspecified atom stereocenters. The predicted octanol–water partition coefficient (Wildman–Crippen LogP) is 3.06. The molecule has 26 heavy (non-hydrogen) atoms. The maximum atomic E-state index is 13.0. The molecule has 1 atom stereocenters. The second kappa shape index (κ2) is 8.15. The molecule has 136 valence electrons. The lowest BCUT2D eigenvalue weighted by Gasteiger charge is -2.30. The van der Waals surface area contributed by atoms with Crippen LogP contribution in [0.1, 0.15) is 33.2 Å². The average Bonchev–Trinajstić information content (AvgIpc) is 2.69. The van der Waals surface area contributed by atoms with Gasteiger partial charge in [0.1, 0.15) is 0 Å². The number of benzene rings is 2. The number of hydrogen-bond donors (Lipinski definition) is 0. The molecule has 1 heterocycles. The summed E-state index contributed by atoms with van der Waals surface area (Å²) < 4.78 is 11.0. The topological polar surface area (TPSA) is 55.8 Å². The minimum absolute atomic E-state index is 0.210. The van der Waals surface area contributed by atoms with E-state index in [9.17, 15) is 9.59 Å². The number of carbonyl (C=O) groups excluding carboxylic acids is 2. The molecule has 0 N–H and O–H groups in total. The van der Waals surface area contributed by atoms with E-state index in [1.807, 2.05) is 44.2 Å². The second-order valence-corrected chi connectivity index (χ2v) is 6.38. The fraction of sp³-hybridized carbons (Fsp3) is 0.333. The Labute approximate surface area is 153 Å². The molecule has 2 aromatic carbocycles. The first kappa shape index (κ1) is 18.1. The molecule has 1 aliphatic rings.